The molecule has 0 saturated carbocycles. The van der Waals surface area contributed by atoms with Gasteiger partial charge in [0.15, 0.2) is 6.61 Å². The zero-order valence-electron chi connectivity index (χ0n) is 15.9. The summed E-state index contributed by atoms with van der Waals surface area (Å²) in [5.41, 5.74) is 1.55. The van der Waals surface area contributed by atoms with Crippen LogP contribution >= 0.6 is 11.3 Å². The van der Waals surface area contributed by atoms with Gasteiger partial charge in [-0.2, -0.15) is 0 Å². The first-order valence-electron chi connectivity index (χ1n) is 9.27. The third kappa shape index (κ3) is 4.89. The lowest BCUT2D eigenvalue weighted by atomic mass is 9.88. The van der Waals surface area contributed by atoms with Crippen LogP contribution in [-0.4, -0.2) is 24.6 Å². The lowest BCUT2D eigenvalue weighted by Crippen LogP contribution is -2.22. The summed E-state index contributed by atoms with van der Waals surface area (Å²) in [6.07, 6.45) is 2.60. The van der Waals surface area contributed by atoms with Crippen LogP contribution in [0.2, 0.25) is 0 Å². The molecule has 1 amide bonds. The number of amides is 1. The van der Waals surface area contributed by atoms with Crippen molar-refractivity contribution in [2.45, 2.75) is 46.1 Å². The minimum Gasteiger partial charge on any atom is -0.484 e. The Morgan fingerprint density at radius 1 is 1.26 bits per heavy atom. The number of hydrogen-bond acceptors (Lipinski definition) is 5. The zero-order chi connectivity index (χ0) is 19.4. The number of fused-ring (bicyclic) bond motifs is 1. The molecule has 0 radical (unpaired) electrons. The summed E-state index contributed by atoms with van der Waals surface area (Å²) in [6, 6.07) is 9.17. The van der Waals surface area contributed by atoms with Crippen LogP contribution in [0, 0.1) is 5.92 Å². The number of para-hydroxylation sites is 1. The molecule has 1 aromatic carbocycles. The van der Waals surface area contributed by atoms with Crippen LogP contribution in [0.25, 0.3) is 0 Å². The molecule has 1 unspecified atom stereocenters. The van der Waals surface area contributed by atoms with Gasteiger partial charge in [0.2, 0.25) is 0 Å². The van der Waals surface area contributed by atoms with Crippen LogP contribution in [0.5, 0.6) is 5.75 Å². The van der Waals surface area contributed by atoms with E-state index in [1.807, 2.05) is 32.0 Å². The fourth-order valence-electron chi connectivity index (χ4n) is 3.16. The van der Waals surface area contributed by atoms with Gasteiger partial charge in [-0.05, 0) is 56.7 Å². The van der Waals surface area contributed by atoms with Gasteiger partial charge in [-0.25, -0.2) is 4.79 Å². The van der Waals surface area contributed by atoms with Gasteiger partial charge in [0.1, 0.15) is 10.8 Å². The molecule has 1 atom stereocenters. The zero-order valence-corrected chi connectivity index (χ0v) is 16.7. The first kappa shape index (κ1) is 19.4. The van der Waals surface area contributed by atoms with Gasteiger partial charge < -0.3 is 14.8 Å². The van der Waals surface area contributed by atoms with Crippen LogP contribution in [0.3, 0.4) is 0 Å². The predicted molar refractivity (Wildman–Crippen MR) is 107 cm³/mol. The third-order valence-corrected chi connectivity index (χ3v) is 5.59. The van der Waals surface area contributed by atoms with E-state index >= 15 is 0 Å². The van der Waals surface area contributed by atoms with Gasteiger partial charge in [-0.3, -0.25) is 4.79 Å². The molecule has 0 spiro atoms. The second-order valence-corrected chi connectivity index (χ2v) is 8.27. The molecule has 0 fully saturated rings. The number of anilines is 1. The molecule has 3 rings (SSSR count). The summed E-state index contributed by atoms with van der Waals surface area (Å²) in [6.45, 7) is 5.75. The lowest BCUT2D eigenvalue weighted by molar-refractivity contribution is -0.118. The Morgan fingerprint density at radius 3 is 2.70 bits per heavy atom. The summed E-state index contributed by atoms with van der Waals surface area (Å²) in [4.78, 5) is 26.2. The van der Waals surface area contributed by atoms with E-state index in [9.17, 15) is 9.59 Å². The molecule has 1 N–H and O–H groups in total. The third-order valence-electron chi connectivity index (χ3n) is 4.42. The molecule has 1 aliphatic carbocycles. The quantitative estimate of drug-likeness (QED) is 0.744. The minimum absolute atomic E-state index is 0.109. The predicted octanol–water partition coefficient (Wildman–Crippen LogP) is 4.46. The Balaban J connectivity index is 1.77. The summed E-state index contributed by atoms with van der Waals surface area (Å²) < 4.78 is 10.9. The van der Waals surface area contributed by atoms with Crippen LogP contribution in [0.15, 0.2) is 30.3 Å². The number of rotatable bonds is 6. The molecule has 1 heterocycles. The Morgan fingerprint density at radius 2 is 2.00 bits per heavy atom. The molecule has 0 bridgehead atoms. The highest BCUT2D eigenvalue weighted by Gasteiger charge is 2.29. The van der Waals surface area contributed by atoms with Crippen molar-refractivity contribution < 1.29 is 19.1 Å². The normalized spacial score (nSPS) is 15.9. The molecule has 27 heavy (non-hydrogen) atoms. The Kier molecular flexibility index (Phi) is 6.16. The highest BCUT2D eigenvalue weighted by atomic mass is 32.1. The lowest BCUT2D eigenvalue weighted by Gasteiger charge is -2.18. The number of esters is 1. The van der Waals surface area contributed by atoms with Gasteiger partial charge in [0, 0.05) is 4.88 Å². The molecular weight excluding hydrogens is 362 g/mol. The first-order chi connectivity index (χ1) is 12.9. The van der Waals surface area contributed by atoms with Gasteiger partial charge in [0.05, 0.1) is 11.7 Å². The number of carbonyl (C=O) groups is 2. The summed E-state index contributed by atoms with van der Waals surface area (Å²) in [5, 5.41) is 3.43. The maximum Gasteiger partial charge on any atom is 0.341 e. The highest BCUT2D eigenvalue weighted by Crippen LogP contribution is 2.40. The number of ether oxygens (including phenoxy) is 2. The minimum atomic E-state index is -0.365. The second kappa shape index (κ2) is 8.57. The average Bonchev–Trinajstić information content (AvgIpc) is 2.97. The standard InChI is InChI=1S/C21H25NO4S/c1-13(2)26-21(24)19-16-10-9-14(3)11-17(16)27-20(19)22-18(23)12-25-15-7-5-4-6-8-15/h4-8,13-14H,9-12H2,1-3H3,(H,22,23). The van der Waals surface area contributed by atoms with Crippen molar-refractivity contribution in [2.24, 2.45) is 5.92 Å². The Labute approximate surface area is 163 Å². The number of carbonyl (C=O) groups excluding carboxylic acids is 2. The van der Waals surface area contributed by atoms with Gasteiger partial charge in [0.25, 0.3) is 5.91 Å². The van der Waals surface area contributed by atoms with E-state index in [2.05, 4.69) is 12.2 Å². The Bertz CT molecular complexity index is 813. The number of nitrogens with one attached hydrogen (secondary N) is 1. The molecule has 1 aliphatic rings. The number of benzene rings is 1. The fourth-order valence-corrected chi connectivity index (χ4v) is 4.57. The molecule has 144 valence electrons. The summed E-state index contributed by atoms with van der Waals surface area (Å²) >= 11 is 1.48. The van der Waals surface area contributed by atoms with E-state index in [0.29, 0.717) is 22.2 Å². The van der Waals surface area contributed by atoms with E-state index in [-0.39, 0.29) is 24.6 Å². The van der Waals surface area contributed by atoms with Gasteiger partial charge in [-0.1, -0.05) is 25.1 Å². The molecule has 2 aromatic rings. The first-order valence-corrected chi connectivity index (χ1v) is 10.1. The molecule has 6 heteroatoms. The van der Waals surface area contributed by atoms with Crippen LogP contribution in [-0.2, 0) is 22.4 Å². The fraction of sp³-hybridized carbons (Fsp3) is 0.429. The second-order valence-electron chi connectivity index (χ2n) is 7.16. The van der Waals surface area contributed by atoms with E-state index in [0.717, 1.165) is 24.8 Å². The molecule has 5 nitrogen and oxygen atoms in total. The van der Waals surface area contributed by atoms with Crippen molar-refractivity contribution in [3.05, 3.63) is 46.3 Å². The maximum absolute atomic E-state index is 12.7. The SMILES string of the molecule is CC1CCc2c(sc(NC(=O)COc3ccccc3)c2C(=O)OC(C)C)C1. The van der Waals surface area contributed by atoms with Crippen LogP contribution in [0.1, 0.15) is 48.0 Å². The van der Waals surface area contributed by atoms with Crippen molar-refractivity contribution in [3.63, 3.8) is 0 Å². The number of thiophene rings is 1. The monoisotopic (exact) mass is 387 g/mol. The number of hydrogen-bond donors (Lipinski definition) is 1. The highest BCUT2D eigenvalue weighted by molar-refractivity contribution is 7.17. The van der Waals surface area contributed by atoms with E-state index in [1.54, 1.807) is 12.1 Å². The topological polar surface area (TPSA) is 64.6 Å². The summed E-state index contributed by atoms with van der Waals surface area (Å²) in [7, 11) is 0. The molecule has 0 saturated heterocycles. The van der Waals surface area contributed by atoms with E-state index < -0.39 is 0 Å². The largest absolute Gasteiger partial charge is 0.484 e. The van der Waals surface area contributed by atoms with Crippen molar-refractivity contribution in [3.8, 4) is 5.75 Å². The van der Waals surface area contributed by atoms with E-state index in [4.69, 9.17) is 9.47 Å². The van der Waals surface area contributed by atoms with Crippen molar-refractivity contribution in [1.29, 1.82) is 0 Å². The molecular formula is C21H25NO4S. The maximum atomic E-state index is 12.7. The van der Waals surface area contributed by atoms with Crippen molar-refractivity contribution in [1.82, 2.24) is 0 Å². The van der Waals surface area contributed by atoms with Crippen LogP contribution in [0.4, 0.5) is 5.00 Å². The van der Waals surface area contributed by atoms with Gasteiger partial charge >= 0.3 is 5.97 Å². The summed E-state index contributed by atoms with van der Waals surface area (Å²) in [5.74, 6) is 0.557. The van der Waals surface area contributed by atoms with Crippen molar-refractivity contribution in [2.75, 3.05) is 11.9 Å². The van der Waals surface area contributed by atoms with E-state index in [1.165, 1.54) is 16.2 Å². The van der Waals surface area contributed by atoms with Gasteiger partial charge in [-0.15, -0.1) is 11.3 Å². The van der Waals surface area contributed by atoms with Crippen molar-refractivity contribution >= 4 is 28.2 Å². The Hall–Kier alpha value is -2.34. The van der Waals surface area contributed by atoms with Crippen LogP contribution < -0.4 is 10.1 Å². The molecule has 0 aliphatic heterocycles. The molecule has 1 aromatic heterocycles. The smallest absolute Gasteiger partial charge is 0.341 e. The average molecular weight is 388 g/mol.